The largest absolute Gasteiger partial charge is 0.373 e. The van der Waals surface area contributed by atoms with E-state index in [1.165, 1.54) is 12.8 Å². The summed E-state index contributed by atoms with van der Waals surface area (Å²) in [6, 6.07) is 0.931. The normalized spacial score (nSPS) is 33.9. The van der Waals surface area contributed by atoms with Crippen molar-refractivity contribution in [1.29, 1.82) is 0 Å². The zero-order chi connectivity index (χ0) is 16.2. The Morgan fingerprint density at radius 2 is 2.04 bits per heavy atom. The first kappa shape index (κ1) is 17.0. The molecule has 3 rings (SSSR count). The molecule has 0 aliphatic carbocycles. The van der Waals surface area contributed by atoms with Gasteiger partial charge < -0.3 is 20.3 Å². The highest BCUT2D eigenvalue weighted by Crippen LogP contribution is 2.34. The molecule has 3 aliphatic heterocycles. The third kappa shape index (κ3) is 4.37. The second-order valence-electron chi connectivity index (χ2n) is 7.27. The first-order chi connectivity index (χ1) is 11.2. The van der Waals surface area contributed by atoms with Crippen LogP contribution in [-0.2, 0) is 4.74 Å². The van der Waals surface area contributed by atoms with Crippen molar-refractivity contribution in [3.05, 3.63) is 0 Å². The standard InChI is InChI=1S/C17H33N5O/c1-4-18-17(20-15-11-14-5-6-16(15)23-14)19-12-13(2)22-9-7-21(3)8-10-22/h13-16H,4-12H2,1-3H3,(H2,18,19,20). The van der Waals surface area contributed by atoms with E-state index in [4.69, 9.17) is 9.73 Å². The minimum atomic E-state index is 0.388. The van der Waals surface area contributed by atoms with Gasteiger partial charge in [0.15, 0.2) is 5.96 Å². The Morgan fingerprint density at radius 1 is 1.26 bits per heavy atom. The van der Waals surface area contributed by atoms with Crippen LogP contribution in [0, 0.1) is 0 Å². The van der Waals surface area contributed by atoms with E-state index < -0.39 is 0 Å². The van der Waals surface area contributed by atoms with Crippen molar-refractivity contribution in [3.8, 4) is 0 Å². The minimum absolute atomic E-state index is 0.388. The fraction of sp³-hybridized carbons (Fsp3) is 0.941. The number of guanidine groups is 1. The van der Waals surface area contributed by atoms with Crippen LogP contribution in [-0.4, -0.2) is 86.4 Å². The lowest BCUT2D eigenvalue weighted by molar-refractivity contribution is 0.0992. The van der Waals surface area contributed by atoms with Crippen LogP contribution in [0.2, 0.25) is 0 Å². The Labute approximate surface area is 140 Å². The van der Waals surface area contributed by atoms with Crippen LogP contribution >= 0.6 is 0 Å². The molecule has 3 saturated heterocycles. The molecular formula is C17H33N5O. The number of ether oxygens (including phenoxy) is 1. The van der Waals surface area contributed by atoms with E-state index in [0.29, 0.717) is 24.3 Å². The summed E-state index contributed by atoms with van der Waals surface area (Å²) in [5, 5.41) is 6.99. The Bertz CT molecular complexity index is 408. The van der Waals surface area contributed by atoms with Crippen LogP contribution in [0.15, 0.2) is 4.99 Å². The van der Waals surface area contributed by atoms with Crippen molar-refractivity contribution >= 4 is 5.96 Å². The fourth-order valence-corrected chi connectivity index (χ4v) is 3.89. The molecule has 0 spiro atoms. The van der Waals surface area contributed by atoms with Gasteiger partial charge in [-0.05, 0) is 40.2 Å². The van der Waals surface area contributed by atoms with Gasteiger partial charge in [0.25, 0.3) is 0 Å². The van der Waals surface area contributed by atoms with Gasteiger partial charge in [-0.15, -0.1) is 0 Å². The minimum Gasteiger partial charge on any atom is -0.373 e. The molecule has 4 unspecified atom stereocenters. The molecule has 0 radical (unpaired) electrons. The molecule has 3 fully saturated rings. The molecule has 0 aromatic carbocycles. The molecule has 6 nitrogen and oxygen atoms in total. The monoisotopic (exact) mass is 323 g/mol. The van der Waals surface area contributed by atoms with Crippen molar-refractivity contribution in [1.82, 2.24) is 20.4 Å². The van der Waals surface area contributed by atoms with Crippen molar-refractivity contribution in [2.24, 2.45) is 4.99 Å². The van der Waals surface area contributed by atoms with Gasteiger partial charge in [-0.2, -0.15) is 0 Å². The van der Waals surface area contributed by atoms with E-state index in [2.05, 4.69) is 41.3 Å². The summed E-state index contributed by atoms with van der Waals surface area (Å²) < 4.78 is 5.94. The predicted molar refractivity (Wildman–Crippen MR) is 93.9 cm³/mol. The summed E-state index contributed by atoms with van der Waals surface area (Å²) in [6.45, 7) is 10.8. The summed E-state index contributed by atoms with van der Waals surface area (Å²) in [5.74, 6) is 0.953. The van der Waals surface area contributed by atoms with E-state index in [1.807, 2.05) is 0 Å². The quantitative estimate of drug-likeness (QED) is 0.570. The first-order valence-corrected chi connectivity index (χ1v) is 9.28. The number of likely N-dealkylation sites (N-methyl/N-ethyl adjacent to an activating group) is 1. The zero-order valence-corrected chi connectivity index (χ0v) is 14.9. The summed E-state index contributed by atoms with van der Waals surface area (Å²) in [7, 11) is 2.20. The van der Waals surface area contributed by atoms with Crippen LogP contribution in [0.3, 0.4) is 0 Å². The predicted octanol–water partition coefficient (Wildman–Crippen LogP) is 0.497. The lowest BCUT2D eigenvalue weighted by Gasteiger charge is -2.36. The maximum Gasteiger partial charge on any atom is 0.191 e. The van der Waals surface area contributed by atoms with Gasteiger partial charge in [-0.3, -0.25) is 9.89 Å². The van der Waals surface area contributed by atoms with E-state index in [1.54, 1.807) is 0 Å². The SMILES string of the molecule is CCNC(=NCC(C)N1CCN(C)CC1)NC1CC2CCC1O2. The number of hydrogen-bond acceptors (Lipinski definition) is 4. The highest BCUT2D eigenvalue weighted by atomic mass is 16.5. The lowest BCUT2D eigenvalue weighted by atomic mass is 9.96. The van der Waals surface area contributed by atoms with Crippen LogP contribution in [0.25, 0.3) is 0 Å². The molecule has 0 aromatic heterocycles. The van der Waals surface area contributed by atoms with E-state index >= 15 is 0 Å². The smallest absolute Gasteiger partial charge is 0.191 e. The zero-order valence-electron chi connectivity index (χ0n) is 14.9. The van der Waals surface area contributed by atoms with Gasteiger partial charge in [0, 0.05) is 38.8 Å². The van der Waals surface area contributed by atoms with Crippen molar-refractivity contribution < 1.29 is 4.74 Å². The summed E-state index contributed by atoms with van der Waals surface area (Å²) in [6.07, 6.45) is 4.42. The first-order valence-electron chi connectivity index (χ1n) is 9.28. The lowest BCUT2D eigenvalue weighted by Crippen LogP contribution is -2.50. The molecule has 132 valence electrons. The average molecular weight is 323 g/mol. The molecule has 0 saturated carbocycles. The topological polar surface area (TPSA) is 52.1 Å². The summed E-state index contributed by atoms with van der Waals surface area (Å²) >= 11 is 0. The van der Waals surface area contributed by atoms with Gasteiger partial charge in [0.2, 0.25) is 0 Å². The number of rotatable bonds is 5. The Kier molecular flexibility index (Phi) is 5.77. The second-order valence-corrected chi connectivity index (χ2v) is 7.27. The van der Waals surface area contributed by atoms with Crippen LogP contribution in [0.4, 0.5) is 0 Å². The summed E-state index contributed by atoms with van der Waals surface area (Å²) in [5.41, 5.74) is 0. The van der Waals surface area contributed by atoms with Crippen LogP contribution in [0.1, 0.15) is 33.1 Å². The third-order valence-corrected chi connectivity index (χ3v) is 5.45. The maximum absolute atomic E-state index is 5.94. The molecular weight excluding hydrogens is 290 g/mol. The highest BCUT2D eigenvalue weighted by molar-refractivity contribution is 5.80. The third-order valence-electron chi connectivity index (χ3n) is 5.45. The van der Waals surface area contributed by atoms with E-state index in [0.717, 1.165) is 51.6 Å². The van der Waals surface area contributed by atoms with Crippen molar-refractivity contribution in [3.63, 3.8) is 0 Å². The van der Waals surface area contributed by atoms with E-state index in [-0.39, 0.29) is 0 Å². The molecule has 0 aromatic rings. The van der Waals surface area contributed by atoms with Gasteiger partial charge in [0.1, 0.15) is 0 Å². The molecule has 23 heavy (non-hydrogen) atoms. The number of hydrogen-bond donors (Lipinski definition) is 2. The van der Waals surface area contributed by atoms with Crippen molar-refractivity contribution in [2.75, 3.05) is 46.3 Å². The van der Waals surface area contributed by atoms with Crippen LogP contribution < -0.4 is 10.6 Å². The van der Waals surface area contributed by atoms with E-state index in [9.17, 15) is 0 Å². The molecule has 3 heterocycles. The van der Waals surface area contributed by atoms with Gasteiger partial charge in [-0.1, -0.05) is 0 Å². The molecule has 2 N–H and O–H groups in total. The Hall–Kier alpha value is -0.850. The molecule has 6 heteroatoms. The number of nitrogens with one attached hydrogen (secondary N) is 2. The number of piperazine rings is 1. The maximum atomic E-state index is 5.94. The molecule has 0 amide bonds. The summed E-state index contributed by atoms with van der Waals surface area (Å²) in [4.78, 5) is 9.78. The molecule has 4 atom stereocenters. The second kappa shape index (κ2) is 7.81. The number of fused-ring (bicyclic) bond motifs is 2. The molecule has 2 bridgehead atoms. The number of aliphatic imine (C=N–C) groups is 1. The number of nitrogens with zero attached hydrogens (tertiary/aromatic N) is 3. The Morgan fingerprint density at radius 3 is 2.65 bits per heavy atom. The fourth-order valence-electron chi connectivity index (χ4n) is 3.89. The Balaban J connectivity index is 1.49. The van der Waals surface area contributed by atoms with Gasteiger partial charge in [0.05, 0.1) is 24.8 Å². The average Bonchev–Trinajstić information content (AvgIpc) is 3.16. The molecule has 3 aliphatic rings. The van der Waals surface area contributed by atoms with Crippen molar-refractivity contribution in [2.45, 2.75) is 57.4 Å². The van der Waals surface area contributed by atoms with Gasteiger partial charge in [-0.25, -0.2) is 0 Å². The highest BCUT2D eigenvalue weighted by Gasteiger charge is 2.41. The van der Waals surface area contributed by atoms with Crippen LogP contribution in [0.5, 0.6) is 0 Å². The van der Waals surface area contributed by atoms with Gasteiger partial charge >= 0.3 is 0 Å².